The lowest BCUT2D eigenvalue weighted by molar-refractivity contribution is 0.0599. The molecule has 0 bridgehead atoms. The largest absolute Gasteiger partial charge is 0.477 e. The molecule has 2 aromatic heterocycles. The highest BCUT2D eigenvalue weighted by Crippen LogP contribution is 2.30. The van der Waals surface area contributed by atoms with Crippen LogP contribution in [0.3, 0.4) is 0 Å². The van der Waals surface area contributed by atoms with Crippen molar-refractivity contribution in [2.45, 2.75) is 38.6 Å². The van der Waals surface area contributed by atoms with E-state index in [0.29, 0.717) is 30.3 Å². The molecule has 0 unspecified atom stereocenters. The summed E-state index contributed by atoms with van der Waals surface area (Å²) in [5.41, 5.74) is 7.92. The van der Waals surface area contributed by atoms with E-state index in [1.807, 2.05) is 12.1 Å². The van der Waals surface area contributed by atoms with E-state index >= 15 is 0 Å². The minimum absolute atomic E-state index is 0.145. The molecular weight excluding hydrogens is 526 g/mol. The number of hydrogen-bond acceptors (Lipinski definition) is 7. The Balaban J connectivity index is 1.67. The van der Waals surface area contributed by atoms with Crippen molar-refractivity contribution < 1.29 is 14.3 Å². The van der Waals surface area contributed by atoms with Crippen molar-refractivity contribution >= 4 is 27.6 Å². The number of methoxy groups -OCH3 is 1. The fourth-order valence-corrected chi connectivity index (χ4v) is 4.61. The number of ether oxygens (including phenoxy) is 2. The monoisotopic (exact) mass is 559 g/mol. The van der Waals surface area contributed by atoms with Gasteiger partial charge in [0.15, 0.2) is 0 Å². The molecule has 3 rings (SSSR count). The van der Waals surface area contributed by atoms with E-state index in [1.165, 1.54) is 23.9 Å². The van der Waals surface area contributed by atoms with Gasteiger partial charge in [-0.15, -0.1) is 0 Å². The minimum Gasteiger partial charge on any atom is -0.477 e. The first kappa shape index (κ1) is 27.5. The highest BCUT2D eigenvalue weighted by atomic mass is 79.9. The lowest BCUT2D eigenvalue weighted by Gasteiger charge is -2.40. The van der Waals surface area contributed by atoms with Gasteiger partial charge < -0.3 is 24.7 Å². The van der Waals surface area contributed by atoms with Crippen molar-refractivity contribution in [2.75, 3.05) is 25.3 Å². The molecule has 1 aromatic carbocycles. The number of nitrogens with zero attached hydrogens (tertiary/aromatic N) is 4. The van der Waals surface area contributed by atoms with Crippen LogP contribution in [0.15, 0.2) is 52.0 Å². The fraction of sp³-hybridized carbons (Fsp3) is 0.423. The van der Waals surface area contributed by atoms with E-state index in [9.17, 15) is 9.59 Å². The SMILES string of the molecule is COC(=O)c1cc(-c2cnn(C)c2OCCCCC(C)(C)N(CN)c2cccc(Br)c2)c(=O)n(C)c1. The van der Waals surface area contributed by atoms with Crippen molar-refractivity contribution in [3.8, 4) is 17.0 Å². The van der Waals surface area contributed by atoms with E-state index in [2.05, 4.69) is 51.9 Å². The standard InChI is InChI=1S/C26H34BrN5O4/c1-26(2,32(17-28)20-10-8-9-19(27)14-20)11-6-7-12-36-24-22(15-29-31(24)4)21-13-18(25(34)35-5)16-30(3)23(21)33/h8-10,13-16H,6-7,11-12,17,28H2,1-5H3. The number of anilines is 1. The van der Waals surface area contributed by atoms with Crippen LogP contribution in [0.4, 0.5) is 5.69 Å². The second kappa shape index (κ2) is 11.7. The Hall–Kier alpha value is -3.11. The van der Waals surface area contributed by atoms with Crippen molar-refractivity contribution in [1.82, 2.24) is 14.3 Å². The average molecular weight is 560 g/mol. The molecule has 2 heterocycles. The number of esters is 1. The van der Waals surface area contributed by atoms with Crippen LogP contribution in [0.25, 0.3) is 11.1 Å². The van der Waals surface area contributed by atoms with Crippen LogP contribution in [-0.4, -0.2) is 46.2 Å². The number of pyridine rings is 1. The second-order valence-electron chi connectivity index (χ2n) is 9.25. The van der Waals surface area contributed by atoms with Gasteiger partial charge in [-0.3, -0.25) is 4.79 Å². The van der Waals surface area contributed by atoms with Crippen molar-refractivity contribution in [3.05, 3.63) is 63.1 Å². The van der Waals surface area contributed by atoms with Gasteiger partial charge in [0.25, 0.3) is 5.56 Å². The third kappa shape index (κ3) is 6.17. The molecule has 0 radical (unpaired) electrons. The van der Waals surface area contributed by atoms with Crippen LogP contribution in [0, 0.1) is 0 Å². The van der Waals surface area contributed by atoms with Gasteiger partial charge in [0, 0.05) is 36.0 Å². The number of halogens is 1. The first-order chi connectivity index (χ1) is 17.1. The zero-order valence-corrected chi connectivity index (χ0v) is 23.0. The maximum atomic E-state index is 12.8. The van der Waals surface area contributed by atoms with Gasteiger partial charge in [-0.25, -0.2) is 9.48 Å². The van der Waals surface area contributed by atoms with Gasteiger partial charge in [0.05, 0.1) is 43.3 Å². The topological polar surface area (TPSA) is 105 Å². The molecule has 0 spiro atoms. The fourth-order valence-electron chi connectivity index (χ4n) is 4.23. The van der Waals surface area contributed by atoms with E-state index in [4.69, 9.17) is 15.2 Å². The van der Waals surface area contributed by atoms with Crippen LogP contribution in [-0.2, 0) is 18.8 Å². The van der Waals surface area contributed by atoms with Crippen LogP contribution >= 0.6 is 15.9 Å². The normalized spacial score (nSPS) is 11.4. The molecule has 2 N–H and O–H groups in total. The molecule has 9 nitrogen and oxygen atoms in total. The Labute approximate surface area is 219 Å². The Morgan fingerprint density at radius 3 is 2.61 bits per heavy atom. The quantitative estimate of drug-likeness (QED) is 0.214. The molecule has 0 amide bonds. The van der Waals surface area contributed by atoms with Crippen LogP contribution in [0.5, 0.6) is 5.88 Å². The molecule has 0 saturated heterocycles. The minimum atomic E-state index is -0.518. The summed E-state index contributed by atoms with van der Waals surface area (Å²) < 4.78 is 14.9. The van der Waals surface area contributed by atoms with Gasteiger partial charge in [0.2, 0.25) is 5.88 Å². The summed E-state index contributed by atoms with van der Waals surface area (Å²) in [6.07, 6.45) is 5.68. The summed E-state index contributed by atoms with van der Waals surface area (Å²) in [5, 5.41) is 4.27. The third-order valence-electron chi connectivity index (χ3n) is 6.23. The van der Waals surface area contributed by atoms with Gasteiger partial charge in [-0.05, 0) is 57.4 Å². The molecule has 0 aliphatic rings. The zero-order chi connectivity index (χ0) is 26.5. The molecular formula is C26H34BrN5O4. The summed E-state index contributed by atoms with van der Waals surface area (Å²) in [7, 11) is 4.65. The van der Waals surface area contributed by atoms with Crippen LogP contribution < -0.4 is 20.9 Å². The maximum Gasteiger partial charge on any atom is 0.339 e. The Kier molecular flexibility index (Phi) is 8.97. The van der Waals surface area contributed by atoms with Crippen LogP contribution in [0.2, 0.25) is 0 Å². The van der Waals surface area contributed by atoms with Gasteiger partial charge in [0.1, 0.15) is 0 Å². The Bertz CT molecular complexity index is 1270. The number of carbonyl (C=O) groups excluding carboxylic acids is 1. The van der Waals surface area contributed by atoms with Gasteiger partial charge >= 0.3 is 5.97 Å². The van der Waals surface area contributed by atoms with E-state index < -0.39 is 5.97 Å². The summed E-state index contributed by atoms with van der Waals surface area (Å²) in [4.78, 5) is 27.1. The van der Waals surface area contributed by atoms with Gasteiger partial charge in [-0.2, -0.15) is 5.10 Å². The molecule has 0 aliphatic heterocycles. The summed E-state index contributed by atoms with van der Waals surface area (Å²) >= 11 is 3.53. The summed E-state index contributed by atoms with van der Waals surface area (Å²) in [5.74, 6) is -0.0405. The molecule has 0 aliphatic carbocycles. The van der Waals surface area contributed by atoms with Crippen molar-refractivity contribution in [3.63, 3.8) is 0 Å². The number of aryl methyl sites for hydroxylation is 2. The van der Waals surface area contributed by atoms with E-state index in [1.54, 1.807) is 25.0 Å². The molecule has 0 saturated carbocycles. The first-order valence-corrected chi connectivity index (χ1v) is 12.6. The predicted molar refractivity (Wildman–Crippen MR) is 144 cm³/mol. The smallest absolute Gasteiger partial charge is 0.339 e. The highest BCUT2D eigenvalue weighted by Gasteiger charge is 2.26. The van der Waals surface area contributed by atoms with Crippen molar-refractivity contribution in [2.24, 2.45) is 19.8 Å². The summed E-state index contributed by atoms with van der Waals surface area (Å²) in [6.45, 7) is 5.24. The number of benzene rings is 1. The first-order valence-electron chi connectivity index (χ1n) is 11.8. The number of carbonyl (C=O) groups is 1. The number of rotatable bonds is 11. The van der Waals surface area contributed by atoms with E-state index in [-0.39, 0.29) is 16.7 Å². The number of nitrogens with two attached hydrogens (primary N) is 1. The molecule has 0 fully saturated rings. The molecule has 3 aromatic rings. The lowest BCUT2D eigenvalue weighted by Crippen LogP contribution is -2.47. The Morgan fingerprint density at radius 2 is 1.94 bits per heavy atom. The molecule has 10 heteroatoms. The van der Waals surface area contributed by atoms with E-state index in [0.717, 1.165) is 29.4 Å². The highest BCUT2D eigenvalue weighted by molar-refractivity contribution is 9.10. The third-order valence-corrected chi connectivity index (χ3v) is 6.73. The predicted octanol–water partition coefficient (Wildman–Crippen LogP) is 4.09. The number of aromatic nitrogens is 3. The van der Waals surface area contributed by atoms with Crippen LogP contribution in [0.1, 0.15) is 43.5 Å². The van der Waals surface area contributed by atoms with Crippen molar-refractivity contribution in [1.29, 1.82) is 0 Å². The maximum absolute atomic E-state index is 12.8. The van der Waals surface area contributed by atoms with Gasteiger partial charge in [-0.1, -0.05) is 22.0 Å². The molecule has 194 valence electrons. The second-order valence-corrected chi connectivity index (χ2v) is 10.2. The lowest BCUT2D eigenvalue weighted by atomic mass is 9.94. The number of hydrogen-bond donors (Lipinski definition) is 1. The molecule has 36 heavy (non-hydrogen) atoms. The summed E-state index contributed by atoms with van der Waals surface area (Å²) in [6, 6.07) is 9.65. The zero-order valence-electron chi connectivity index (χ0n) is 21.5. The molecule has 0 atom stereocenters. The average Bonchev–Trinajstić information content (AvgIpc) is 3.20. The Morgan fingerprint density at radius 1 is 1.19 bits per heavy atom. The number of unbranched alkanes of at least 4 members (excludes halogenated alkanes) is 1.